The summed E-state index contributed by atoms with van der Waals surface area (Å²) in [6, 6.07) is 37.6. The van der Waals surface area contributed by atoms with Crippen LogP contribution in [0, 0.1) is 24.3 Å². The van der Waals surface area contributed by atoms with Gasteiger partial charge in [0.25, 0.3) is 0 Å². The molecule has 0 atom stereocenters. The zero-order chi connectivity index (χ0) is 14.8. The Labute approximate surface area is 193 Å². The molecule has 0 aliphatic heterocycles. The maximum Gasteiger partial charge on any atom is 0 e. The molecule has 110 valence electrons. The predicted molar refractivity (Wildman–Crippen MR) is 90.2 cm³/mol. The van der Waals surface area contributed by atoms with Crippen LogP contribution >= 0.6 is 0 Å². The largest absolute Gasteiger partial charge is 0.234 e. The minimum Gasteiger partial charge on any atom is -0.234 e. The smallest absolute Gasteiger partial charge is 0 e. The average molecular weight is 454 g/mol. The molecule has 4 aromatic carbocycles. The summed E-state index contributed by atoms with van der Waals surface area (Å²) in [5, 5.41) is 2.23. The molecule has 2 heteroatoms. The van der Waals surface area contributed by atoms with Crippen LogP contribution in [0.25, 0.3) is 33.0 Å². The Morgan fingerprint density at radius 1 is 0.542 bits per heavy atom. The molecule has 2 radical (unpaired) electrons. The monoisotopic (exact) mass is 454 g/mol. The molecule has 0 fully saturated rings. The molecule has 0 heterocycles. The molecule has 0 spiro atoms. The molecule has 0 N–H and O–H groups in total. The van der Waals surface area contributed by atoms with Gasteiger partial charge in [-0.15, -0.1) is 18.2 Å². The Morgan fingerprint density at radius 2 is 1.25 bits per heavy atom. The van der Waals surface area contributed by atoms with Crippen LogP contribution in [-0.4, -0.2) is 0 Å². The van der Waals surface area contributed by atoms with E-state index in [1.807, 2.05) is 42.5 Å². The first-order valence-electron chi connectivity index (χ1n) is 7.23. The van der Waals surface area contributed by atoms with E-state index in [4.69, 9.17) is 0 Å². The first-order chi connectivity index (χ1) is 10.9. The fourth-order valence-corrected chi connectivity index (χ4v) is 2.62. The third-order valence-electron chi connectivity index (χ3n) is 3.70. The van der Waals surface area contributed by atoms with Crippen LogP contribution in [0.3, 0.4) is 0 Å². The van der Waals surface area contributed by atoms with Crippen molar-refractivity contribution in [3.8, 4) is 22.3 Å². The van der Waals surface area contributed by atoms with E-state index >= 15 is 0 Å². The van der Waals surface area contributed by atoms with E-state index < -0.39 is 0 Å². The van der Waals surface area contributed by atoms with Gasteiger partial charge in [0.2, 0.25) is 0 Å². The second-order valence-electron chi connectivity index (χ2n) is 5.11. The zero-order valence-corrected chi connectivity index (χ0v) is 18.8. The molecular formula is C22H12Y2-4. The third-order valence-corrected chi connectivity index (χ3v) is 3.70. The van der Waals surface area contributed by atoms with Crippen LogP contribution < -0.4 is 0 Å². The molecule has 0 saturated heterocycles. The van der Waals surface area contributed by atoms with Gasteiger partial charge in [0.15, 0.2) is 0 Å². The van der Waals surface area contributed by atoms with Crippen LogP contribution in [0.5, 0.6) is 0 Å². The van der Waals surface area contributed by atoms with E-state index in [0.717, 1.165) is 33.0 Å². The molecule has 0 aliphatic rings. The van der Waals surface area contributed by atoms with E-state index in [1.54, 1.807) is 0 Å². The van der Waals surface area contributed by atoms with Gasteiger partial charge < -0.3 is 0 Å². The van der Waals surface area contributed by atoms with Crippen molar-refractivity contribution in [2.75, 3.05) is 0 Å². The van der Waals surface area contributed by atoms with Crippen LogP contribution in [0.2, 0.25) is 0 Å². The molecule has 0 aromatic heterocycles. The van der Waals surface area contributed by atoms with Gasteiger partial charge in [-0.25, -0.2) is 33.7 Å². The minimum atomic E-state index is 0. The first kappa shape index (κ1) is 19.7. The van der Waals surface area contributed by atoms with Crippen molar-refractivity contribution in [2.45, 2.75) is 0 Å². The molecule has 24 heavy (non-hydrogen) atoms. The van der Waals surface area contributed by atoms with Crippen molar-refractivity contribution < 1.29 is 65.4 Å². The van der Waals surface area contributed by atoms with Crippen LogP contribution in [-0.2, 0) is 65.4 Å². The second kappa shape index (κ2) is 9.16. The summed E-state index contributed by atoms with van der Waals surface area (Å²) in [6.45, 7) is 0. The van der Waals surface area contributed by atoms with Crippen molar-refractivity contribution >= 4 is 10.8 Å². The molecular weight excluding hydrogens is 442 g/mol. The first-order valence-corrected chi connectivity index (χ1v) is 7.23. The van der Waals surface area contributed by atoms with Gasteiger partial charge in [-0.2, -0.15) is 78.2 Å². The van der Waals surface area contributed by atoms with Crippen molar-refractivity contribution in [1.29, 1.82) is 0 Å². The van der Waals surface area contributed by atoms with Crippen LogP contribution in [0.4, 0.5) is 0 Å². The van der Waals surface area contributed by atoms with Gasteiger partial charge in [-0.3, -0.25) is 0 Å². The van der Waals surface area contributed by atoms with E-state index in [2.05, 4.69) is 54.6 Å². The van der Waals surface area contributed by atoms with Crippen molar-refractivity contribution in [1.82, 2.24) is 0 Å². The number of benzene rings is 4. The Morgan fingerprint density at radius 3 is 1.92 bits per heavy atom. The Hall–Kier alpha value is -0.652. The quantitative estimate of drug-likeness (QED) is 0.358. The predicted octanol–water partition coefficient (Wildman–Crippen LogP) is 5.37. The fraction of sp³-hybridized carbons (Fsp3) is 0. The fourth-order valence-electron chi connectivity index (χ4n) is 2.62. The zero-order valence-electron chi connectivity index (χ0n) is 13.1. The molecule has 0 bridgehead atoms. The molecule has 4 rings (SSSR count). The number of hydrogen-bond acceptors (Lipinski definition) is 0. The summed E-state index contributed by atoms with van der Waals surface area (Å²) in [7, 11) is 0. The molecule has 0 amide bonds. The van der Waals surface area contributed by atoms with Gasteiger partial charge in [0, 0.05) is 65.4 Å². The Bertz CT molecular complexity index is 916. The molecule has 0 saturated carbocycles. The van der Waals surface area contributed by atoms with Crippen LogP contribution in [0.1, 0.15) is 0 Å². The van der Waals surface area contributed by atoms with Gasteiger partial charge in [0.1, 0.15) is 0 Å². The molecule has 4 aromatic rings. The van der Waals surface area contributed by atoms with Gasteiger partial charge in [0.05, 0.1) is 0 Å². The van der Waals surface area contributed by atoms with Crippen molar-refractivity contribution in [3.63, 3.8) is 0 Å². The summed E-state index contributed by atoms with van der Waals surface area (Å²) >= 11 is 0. The Kier molecular flexibility index (Phi) is 7.51. The Balaban J connectivity index is 0.00000104. The summed E-state index contributed by atoms with van der Waals surface area (Å²) in [4.78, 5) is 0. The standard InChI is InChI=1S/C22H12.2Y/c1-3-8-17(9-4-1)20-15-14-19-12-7-13-21(22(19)16-20)18-10-5-2-6-11-18;;/h1-8,10,12,14-15H;;/q-4;;. The molecule has 0 aliphatic carbocycles. The SMILES string of the molecule is [Y].[Y].[c-]1ccccc1-c1[c-]c2c(-c3[c-]cccc3)[c-]ccc2cc1. The maximum absolute atomic E-state index is 3.53. The van der Waals surface area contributed by atoms with Gasteiger partial charge in [-0.05, 0) is 0 Å². The van der Waals surface area contributed by atoms with E-state index in [9.17, 15) is 0 Å². The topological polar surface area (TPSA) is 0 Å². The maximum atomic E-state index is 3.53. The average Bonchev–Trinajstić information content (AvgIpc) is 2.62. The van der Waals surface area contributed by atoms with E-state index in [0.29, 0.717) is 0 Å². The normalized spacial score (nSPS) is 9.83. The summed E-state index contributed by atoms with van der Waals surface area (Å²) < 4.78 is 0. The van der Waals surface area contributed by atoms with Gasteiger partial charge in [-0.1, -0.05) is 0 Å². The van der Waals surface area contributed by atoms with Crippen molar-refractivity contribution in [2.24, 2.45) is 0 Å². The number of fused-ring (bicyclic) bond motifs is 1. The molecule has 0 unspecified atom stereocenters. The van der Waals surface area contributed by atoms with E-state index in [1.165, 1.54) is 0 Å². The number of rotatable bonds is 2. The van der Waals surface area contributed by atoms with Crippen LogP contribution in [0.15, 0.2) is 72.8 Å². The minimum absolute atomic E-state index is 0. The number of hydrogen-bond donors (Lipinski definition) is 0. The third kappa shape index (κ3) is 4.11. The van der Waals surface area contributed by atoms with Gasteiger partial charge >= 0.3 is 0 Å². The van der Waals surface area contributed by atoms with Crippen molar-refractivity contribution in [3.05, 3.63) is 97.1 Å². The summed E-state index contributed by atoms with van der Waals surface area (Å²) in [5.74, 6) is 0. The second-order valence-corrected chi connectivity index (χ2v) is 5.11. The summed E-state index contributed by atoms with van der Waals surface area (Å²) in [5.41, 5.74) is 4.18. The summed E-state index contributed by atoms with van der Waals surface area (Å²) in [6.07, 6.45) is 0. The molecule has 0 nitrogen and oxygen atoms in total. The van der Waals surface area contributed by atoms with E-state index in [-0.39, 0.29) is 65.4 Å².